The molecule has 15 atom stereocenters. The Morgan fingerprint density at radius 1 is 0.618 bits per heavy atom. The average molecular weight is 504 g/mol. The van der Waals surface area contributed by atoms with Crippen molar-refractivity contribution < 1.29 is 80.2 Å². The van der Waals surface area contributed by atoms with Crippen molar-refractivity contribution in [2.75, 3.05) is 13.2 Å². The van der Waals surface area contributed by atoms with E-state index in [0.717, 1.165) is 6.92 Å². The SMILES string of the molecule is C[C@]1([C@@]2(O[C@H]3[C@H](O)C(O)C(O)O[C@@H]3CO)O[C@H](CO)[C@H](O)[C@H](O)[C@H]2O)OC(O)[C@@H](O)[C@H](O)[C@@H]1O. The molecule has 3 aliphatic rings. The molecule has 0 amide bonds. The van der Waals surface area contributed by atoms with Crippen LogP contribution in [0.2, 0.25) is 0 Å². The van der Waals surface area contributed by atoms with E-state index in [-0.39, 0.29) is 0 Å². The van der Waals surface area contributed by atoms with Crippen LogP contribution in [0.4, 0.5) is 0 Å². The Bertz CT molecular complexity index is 695. The minimum atomic E-state index is -2.98. The van der Waals surface area contributed by atoms with Gasteiger partial charge in [0.15, 0.2) is 18.2 Å². The van der Waals surface area contributed by atoms with Crippen LogP contribution in [-0.4, -0.2) is 166 Å². The fraction of sp³-hybridized carbons (Fsp3) is 1.00. The Morgan fingerprint density at radius 3 is 1.71 bits per heavy atom. The molecule has 0 spiro atoms. The molecule has 34 heavy (non-hydrogen) atoms. The second kappa shape index (κ2) is 10.0. The molecule has 0 aromatic carbocycles. The number of aliphatic hydroxyl groups excluding tert-OH is 12. The molecule has 0 aliphatic carbocycles. The van der Waals surface area contributed by atoms with Gasteiger partial charge in [0.1, 0.15) is 67.1 Å². The first kappa shape index (κ1) is 27.9. The monoisotopic (exact) mass is 504 g/mol. The van der Waals surface area contributed by atoms with Crippen molar-refractivity contribution in [1.29, 1.82) is 0 Å². The zero-order valence-corrected chi connectivity index (χ0v) is 17.9. The first-order valence-electron chi connectivity index (χ1n) is 10.5. The van der Waals surface area contributed by atoms with Crippen LogP contribution in [0, 0.1) is 0 Å². The van der Waals surface area contributed by atoms with Crippen molar-refractivity contribution in [2.45, 2.75) is 98.0 Å². The Balaban J connectivity index is 2.15. The molecule has 0 saturated carbocycles. The summed E-state index contributed by atoms with van der Waals surface area (Å²) in [6.45, 7) is -1.01. The Hall–Kier alpha value is -0.640. The minimum absolute atomic E-state index is 0.924. The molecule has 3 fully saturated rings. The standard InChI is InChI=1S/C18H32O16/c1-17(13(27)9(24)11(26)16(30)34-17)18(14(28)8(23)6(21)4(2-19)32-18)33-12-5(3-20)31-15(29)10(25)7(12)22/h4-16,19-30H,2-3H2,1H3/t4-,5-,6+,7-,8+,9+,10?,11+,12-,13+,14-,15?,16?,17+,18-/m1/s1. The lowest BCUT2D eigenvalue weighted by atomic mass is 9.75. The van der Waals surface area contributed by atoms with Gasteiger partial charge in [-0.05, 0) is 6.92 Å². The molecule has 0 radical (unpaired) electrons. The Kier molecular flexibility index (Phi) is 8.23. The van der Waals surface area contributed by atoms with E-state index in [0.29, 0.717) is 0 Å². The summed E-state index contributed by atoms with van der Waals surface area (Å²) in [6.07, 6.45) is -26.4. The summed E-state index contributed by atoms with van der Waals surface area (Å²) >= 11 is 0. The third-order valence-electron chi connectivity index (χ3n) is 6.69. The Labute approximate surface area is 192 Å². The van der Waals surface area contributed by atoms with E-state index in [1.165, 1.54) is 0 Å². The van der Waals surface area contributed by atoms with Crippen molar-refractivity contribution in [3.05, 3.63) is 0 Å². The van der Waals surface area contributed by atoms with Crippen LogP contribution >= 0.6 is 0 Å². The Morgan fingerprint density at radius 2 is 1.15 bits per heavy atom. The summed E-state index contributed by atoms with van der Waals surface area (Å²) in [5.41, 5.74) is -2.63. The fourth-order valence-corrected chi connectivity index (χ4v) is 4.54. The van der Waals surface area contributed by atoms with E-state index in [1.807, 2.05) is 0 Å². The van der Waals surface area contributed by atoms with E-state index in [4.69, 9.17) is 18.9 Å². The summed E-state index contributed by atoms with van der Waals surface area (Å²) in [7, 11) is 0. The van der Waals surface area contributed by atoms with Crippen molar-refractivity contribution in [3.63, 3.8) is 0 Å². The van der Waals surface area contributed by atoms with Crippen molar-refractivity contribution in [3.8, 4) is 0 Å². The number of hydrogen-bond acceptors (Lipinski definition) is 16. The largest absolute Gasteiger partial charge is 0.394 e. The minimum Gasteiger partial charge on any atom is -0.394 e. The maximum Gasteiger partial charge on any atom is 0.230 e. The molecule has 200 valence electrons. The summed E-state index contributed by atoms with van der Waals surface area (Å²) in [5, 5.41) is 122. The lowest BCUT2D eigenvalue weighted by Gasteiger charge is -2.60. The van der Waals surface area contributed by atoms with Gasteiger partial charge in [-0.2, -0.15) is 0 Å². The van der Waals surface area contributed by atoms with Crippen LogP contribution in [0.15, 0.2) is 0 Å². The molecule has 0 aromatic rings. The lowest BCUT2D eigenvalue weighted by molar-refractivity contribution is -0.475. The van der Waals surface area contributed by atoms with Gasteiger partial charge in [-0.25, -0.2) is 0 Å². The lowest BCUT2D eigenvalue weighted by Crippen LogP contribution is -2.82. The number of ether oxygens (including phenoxy) is 4. The molecule has 3 unspecified atom stereocenters. The van der Waals surface area contributed by atoms with Crippen LogP contribution < -0.4 is 0 Å². The van der Waals surface area contributed by atoms with Gasteiger partial charge in [0.2, 0.25) is 5.79 Å². The molecule has 0 bridgehead atoms. The van der Waals surface area contributed by atoms with Crippen LogP contribution in [0.5, 0.6) is 0 Å². The second-order valence-corrected chi connectivity index (χ2v) is 8.79. The van der Waals surface area contributed by atoms with Crippen molar-refractivity contribution >= 4 is 0 Å². The third-order valence-corrected chi connectivity index (χ3v) is 6.69. The molecule has 12 N–H and O–H groups in total. The molecule has 3 aliphatic heterocycles. The van der Waals surface area contributed by atoms with Crippen molar-refractivity contribution in [1.82, 2.24) is 0 Å². The van der Waals surface area contributed by atoms with Gasteiger partial charge < -0.3 is 80.2 Å². The molecule has 16 nitrogen and oxygen atoms in total. The summed E-state index contributed by atoms with van der Waals surface area (Å²) < 4.78 is 21.5. The first-order valence-corrected chi connectivity index (χ1v) is 10.5. The van der Waals surface area contributed by atoms with E-state index in [9.17, 15) is 61.3 Å². The summed E-state index contributed by atoms with van der Waals surface area (Å²) in [6, 6.07) is 0. The average Bonchev–Trinajstić information content (AvgIpc) is 2.81. The zero-order chi connectivity index (χ0) is 25.7. The predicted molar refractivity (Wildman–Crippen MR) is 101 cm³/mol. The smallest absolute Gasteiger partial charge is 0.230 e. The fourth-order valence-electron chi connectivity index (χ4n) is 4.54. The highest BCUT2D eigenvalue weighted by atomic mass is 16.8. The van der Waals surface area contributed by atoms with Gasteiger partial charge in [-0.3, -0.25) is 0 Å². The van der Waals surface area contributed by atoms with Gasteiger partial charge in [0.05, 0.1) is 13.2 Å². The number of rotatable bonds is 5. The van der Waals surface area contributed by atoms with Crippen LogP contribution in [0.25, 0.3) is 0 Å². The quantitative estimate of drug-likeness (QED) is 0.165. The zero-order valence-electron chi connectivity index (χ0n) is 17.9. The van der Waals surface area contributed by atoms with Crippen LogP contribution in [0.3, 0.4) is 0 Å². The predicted octanol–water partition coefficient (Wildman–Crippen LogP) is -7.84. The van der Waals surface area contributed by atoms with Gasteiger partial charge in [-0.15, -0.1) is 0 Å². The molecular formula is C18H32O16. The van der Waals surface area contributed by atoms with Crippen LogP contribution in [-0.2, 0) is 18.9 Å². The van der Waals surface area contributed by atoms with E-state index in [1.54, 1.807) is 0 Å². The second-order valence-electron chi connectivity index (χ2n) is 8.79. The normalized spacial score (nSPS) is 56.9. The van der Waals surface area contributed by atoms with Crippen molar-refractivity contribution in [2.24, 2.45) is 0 Å². The highest BCUT2D eigenvalue weighted by Crippen LogP contribution is 2.48. The van der Waals surface area contributed by atoms with E-state index < -0.39 is 104 Å². The highest BCUT2D eigenvalue weighted by molar-refractivity contribution is 5.14. The summed E-state index contributed by atoms with van der Waals surface area (Å²) in [4.78, 5) is 0. The van der Waals surface area contributed by atoms with Gasteiger partial charge in [-0.1, -0.05) is 0 Å². The summed E-state index contributed by atoms with van der Waals surface area (Å²) in [5.74, 6) is -2.98. The molecule has 3 rings (SSSR count). The molecule has 3 saturated heterocycles. The van der Waals surface area contributed by atoms with Crippen LogP contribution in [0.1, 0.15) is 6.92 Å². The number of hydrogen-bond donors (Lipinski definition) is 12. The maximum absolute atomic E-state index is 11.0. The third kappa shape index (κ3) is 4.16. The molecule has 0 aromatic heterocycles. The molecule has 3 heterocycles. The highest BCUT2D eigenvalue weighted by Gasteiger charge is 2.71. The van der Waals surface area contributed by atoms with Gasteiger partial charge >= 0.3 is 0 Å². The first-order chi connectivity index (χ1) is 15.8. The molecular weight excluding hydrogens is 472 g/mol. The topological polar surface area (TPSA) is 280 Å². The maximum atomic E-state index is 11.0. The van der Waals surface area contributed by atoms with Gasteiger partial charge in [0, 0.05) is 0 Å². The van der Waals surface area contributed by atoms with E-state index >= 15 is 0 Å². The molecule has 16 heteroatoms. The van der Waals surface area contributed by atoms with E-state index in [2.05, 4.69) is 0 Å². The van der Waals surface area contributed by atoms with Gasteiger partial charge in [0.25, 0.3) is 0 Å². The number of aliphatic hydroxyl groups is 12.